The van der Waals surface area contributed by atoms with Gasteiger partial charge < -0.3 is 10.4 Å². The Bertz CT molecular complexity index is 344. The van der Waals surface area contributed by atoms with Crippen LogP contribution in [0.1, 0.15) is 5.69 Å². The van der Waals surface area contributed by atoms with Gasteiger partial charge in [0.25, 0.3) is 11.5 Å². The molecule has 0 aromatic carbocycles. The summed E-state index contributed by atoms with van der Waals surface area (Å²) in [5.41, 5.74) is 0.310. The third-order valence-corrected chi connectivity index (χ3v) is 1.70. The summed E-state index contributed by atoms with van der Waals surface area (Å²) in [6.45, 7) is 0.188. The van der Waals surface area contributed by atoms with Gasteiger partial charge in [0.1, 0.15) is 0 Å². The van der Waals surface area contributed by atoms with Crippen LogP contribution in [0.5, 0.6) is 0 Å². The molecule has 0 saturated heterocycles. The number of hydrogen-bond acceptors (Lipinski definition) is 2. The predicted molar refractivity (Wildman–Crippen MR) is 48.8 cm³/mol. The Kier molecular flexibility index (Phi) is 3.39. The molecule has 72 valence electrons. The molecule has 0 radical (unpaired) electrons. The average molecular weight is 224 g/mol. The van der Waals surface area contributed by atoms with Crippen molar-refractivity contribution in [3.63, 3.8) is 0 Å². The number of halogens is 2. The van der Waals surface area contributed by atoms with Crippen LogP contribution >= 0.6 is 23.2 Å². The maximum absolute atomic E-state index is 10.8. The van der Waals surface area contributed by atoms with Crippen LogP contribution in [-0.4, -0.2) is 20.9 Å². The molecule has 0 fully saturated rings. The zero-order chi connectivity index (χ0) is 9.84. The van der Waals surface area contributed by atoms with E-state index in [9.17, 15) is 9.59 Å². The number of nitrogens with one attached hydrogen (secondary N) is 3. The summed E-state index contributed by atoms with van der Waals surface area (Å²) >= 11 is 10.5. The fraction of sp³-hybridized carbons (Fsp3) is 0.333. The van der Waals surface area contributed by atoms with Gasteiger partial charge in [0.2, 0.25) is 0 Å². The fourth-order valence-electron chi connectivity index (χ4n) is 0.727. The third-order valence-electron chi connectivity index (χ3n) is 1.30. The maximum atomic E-state index is 10.8. The van der Waals surface area contributed by atoms with E-state index in [1.54, 1.807) is 0 Å². The number of aromatic amines is 2. The molecule has 0 atom stereocenters. The van der Waals surface area contributed by atoms with Gasteiger partial charge in [-0.25, -0.2) is 0 Å². The first-order valence-electron chi connectivity index (χ1n) is 3.42. The van der Waals surface area contributed by atoms with E-state index in [0.717, 1.165) is 0 Å². The molecule has 0 bridgehead atoms. The summed E-state index contributed by atoms with van der Waals surface area (Å²) in [5.74, 6) is -0.495. The maximum Gasteiger partial charge on any atom is 0.264 e. The van der Waals surface area contributed by atoms with Crippen LogP contribution in [-0.2, 0) is 11.3 Å². The van der Waals surface area contributed by atoms with Crippen molar-refractivity contribution in [1.29, 1.82) is 0 Å². The van der Waals surface area contributed by atoms with Gasteiger partial charge >= 0.3 is 0 Å². The Balaban J connectivity index is 2.44. The van der Waals surface area contributed by atoms with Crippen LogP contribution in [0.4, 0.5) is 0 Å². The summed E-state index contributed by atoms with van der Waals surface area (Å²) in [6, 6.07) is 1.33. The SMILES string of the molecule is O=C(NCc1cc(=O)[nH][nH]1)C(Cl)Cl. The molecular formula is C6H7Cl2N3O2. The normalized spacial score (nSPS) is 10.4. The summed E-state index contributed by atoms with van der Waals surface area (Å²) in [4.78, 5) is 20.4. The molecule has 13 heavy (non-hydrogen) atoms. The van der Waals surface area contributed by atoms with E-state index >= 15 is 0 Å². The fourth-order valence-corrected chi connectivity index (χ4v) is 0.881. The first-order chi connectivity index (χ1) is 6.09. The Labute approximate surface area is 83.4 Å². The molecule has 1 rings (SSSR count). The highest BCUT2D eigenvalue weighted by atomic mass is 35.5. The lowest BCUT2D eigenvalue weighted by Gasteiger charge is -2.02. The first kappa shape index (κ1) is 10.1. The van der Waals surface area contributed by atoms with Crippen molar-refractivity contribution in [1.82, 2.24) is 15.5 Å². The quantitative estimate of drug-likeness (QED) is 0.637. The van der Waals surface area contributed by atoms with Crippen molar-refractivity contribution in [2.45, 2.75) is 11.4 Å². The molecule has 0 aliphatic rings. The number of alkyl halides is 2. The zero-order valence-electron chi connectivity index (χ0n) is 6.43. The molecule has 5 nitrogen and oxygen atoms in total. The van der Waals surface area contributed by atoms with Crippen molar-refractivity contribution in [3.8, 4) is 0 Å². The lowest BCUT2D eigenvalue weighted by Crippen LogP contribution is -2.27. The lowest BCUT2D eigenvalue weighted by molar-refractivity contribution is -0.119. The second kappa shape index (κ2) is 4.34. The number of carbonyl (C=O) groups excluding carboxylic acids is 1. The van der Waals surface area contributed by atoms with Crippen molar-refractivity contribution < 1.29 is 4.79 Å². The highest BCUT2D eigenvalue weighted by Crippen LogP contribution is 2.00. The zero-order valence-corrected chi connectivity index (χ0v) is 7.95. The van der Waals surface area contributed by atoms with Crippen LogP contribution in [0.3, 0.4) is 0 Å². The first-order valence-corrected chi connectivity index (χ1v) is 4.29. The molecule has 1 aromatic heterocycles. The summed E-state index contributed by atoms with van der Waals surface area (Å²) in [7, 11) is 0. The number of carbonyl (C=O) groups is 1. The molecule has 3 N–H and O–H groups in total. The van der Waals surface area contributed by atoms with Gasteiger partial charge in [0.05, 0.1) is 12.2 Å². The molecule has 0 aliphatic carbocycles. The van der Waals surface area contributed by atoms with E-state index in [1.807, 2.05) is 0 Å². The van der Waals surface area contributed by atoms with E-state index in [-0.39, 0.29) is 12.1 Å². The van der Waals surface area contributed by atoms with E-state index in [1.165, 1.54) is 6.07 Å². The van der Waals surface area contributed by atoms with E-state index in [2.05, 4.69) is 15.5 Å². The molecule has 0 unspecified atom stereocenters. The second-order valence-electron chi connectivity index (χ2n) is 2.30. The Morgan fingerprint density at radius 1 is 1.54 bits per heavy atom. The van der Waals surface area contributed by atoms with Gasteiger partial charge in [0.15, 0.2) is 4.84 Å². The Morgan fingerprint density at radius 3 is 2.69 bits per heavy atom. The summed E-state index contributed by atoms with van der Waals surface area (Å²) < 4.78 is 0. The smallest absolute Gasteiger partial charge is 0.264 e. The average Bonchev–Trinajstić information content (AvgIpc) is 2.47. The predicted octanol–water partition coefficient (Wildman–Crippen LogP) is 0.123. The number of amides is 1. The van der Waals surface area contributed by atoms with Crippen LogP contribution in [0.15, 0.2) is 10.9 Å². The van der Waals surface area contributed by atoms with Gasteiger partial charge in [-0.3, -0.25) is 14.7 Å². The van der Waals surface area contributed by atoms with Crippen LogP contribution < -0.4 is 10.9 Å². The van der Waals surface area contributed by atoms with Crippen molar-refractivity contribution >= 4 is 29.1 Å². The van der Waals surface area contributed by atoms with Crippen LogP contribution in [0.2, 0.25) is 0 Å². The minimum atomic E-state index is -1.09. The van der Waals surface area contributed by atoms with Gasteiger partial charge in [-0.15, -0.1) is 0 Å². The van der Waals surface area contributed by atoms with E-state index in [4.69, 9.17) is 23.2 Å². The molecule has 1 aromatic rings. The van der Waals surface area contributed by atoms with Crippen LogP contribution in [0.25, 0.3) is 0 Å². The number of rotatable bonds is 3. The van der Waals surface area contributed by atoms with Crippen molar-refractivity contribution in [3.05, 3.63) is 22.1 Å². The Morgan fingerprint density at radius 2 is 2.23 bits per heavy atom. The molecule has 7 heteroatoms. The van der Waals surface area contributed by atoms with Crippen molar-refractivity contribution in [2.24, 2.45) is 0 Å². The minimum Gasteiger partial charge on any atom is -0.348 e. The molecule has 0 aliphatic heterocycles. The van der Waals surface area contributed by atoms with Gasteiger partial charge in [0, 0.05) is 6.07 Å². The topological polar surface area (TPSA) is 77.8 Å². The number of hydrogen-bond donors (Lipinski definition) is 3. The molecular weight excluding hydrogens is 217 g/mol. The number of aromatic nitrogens is 2. The summed E-state index contributed by atoms with van der Waals surface area (Å²) in [5, 5.41) is 7.30. The van der Waals surface area contributed by atoms with Gasteiger partial charge in [-0.05, 0) is 0 Å². The van der Waals surface area contributed by atoms with E-state index in [0.29, 0.717) is 5.69 Å². The minimum absolute atomic E-state index is 0.188. The van der Waals surface area contributed by atoms with Gasteiger partial charge in [-0.1, -0.05) is 23.2 Å². The molecule has 0 saturated carbocycles. The third kappa shape index (κ3) is 3.12. The van der Waals surface area contributed by atoms with Gasteiger partial charge in [-0.2, -0.15) is 0 Å². The highest BCUT2D eigenvalue weighted by molar-refractivity contribution is 6.53. The highest BCUT2D eigenvalue weighted by Gasteiger charge is 2.10. The molecule has 1 heterocycles. The number of H-pyrrole nitrogens is 2. The monoisotopic (exact) mass is 223 g/mol. The largest absolute Gasteiger partial charge is 0.348 e. The summed E-state index contributed by atoms with van der Waals surface area (Å²) in [6.07, 6.45) is 0. The van der Waals surface area contributed by atoms with Crippen LogP contribution in [0, 0.1) is 0 Å². The van der Waals surface area contributed by atoms with Crippen molar-refractivity contribution in [2.75, 3.05) is 0 Å². The molecule has 0 spiro atoms. The lowest BCUT2D eigenvalue weighted by atomic mass is 10.4. The van der Waals surface area contributed by atoms with E-state index < -0.39 is 10.7 Å². The standard InChI is InChI=1S/C6H7Cl2N3O2/c7-5(8)6(13)9-2-3-1-4(12)11-10-3/h1,5H,2H2,(H,9,13)(H2,10,11,12). The Hall–Kier alpha value is -0.940. The second-order valence-corrected chi connectivity index (χ2v) is 3.40. The molecule has 1 amide bonds.